The van der Waals surface area contributed by atoms with E-state index in [1.807, 2.05) is 0 Å². The van der Waals surface area contributed by atoms with Crippen LogP contribution in [0.5, 0.6) is 0 Å². The molecule has 0 spiro atoms. The van der Waals surface area contributed by atoms with Crippen LogP contribution in [0.25, 0.3) is 35.7 Å². The molecule has 0 bridgehead atoms. The summed E-state index contributed by atoms with van der Waals surface area (Å²) in [6.07, 6.45) is 18.6. The van der Waals surface area contributed by atoms with Crippen LogP contribution in [0.4, 0.5) is 11.4 Å². The van der Waals surface area contributed by atoms with E-state index in [1.54, 1.807) is 0 Å². The maximum absolute atomic E-state index is 4.88. The fraction of sp³-hybridized carbons (Fsp3) is 0.409. The molecule has 0 radical (unpaired) electrons. The van der Waals surface area contributed by atoms with Gasteiger partial charge in [-0.25, -0.2) is 0 Å². The van der Waals surface area contributed by atoms with Gasteiger partial charge in [0.2, 0.25) is 0 Å². The quantitative estimate of drug-likeness (QED) is 0.102. The minimum absolute atomic E-state index is 0.898. The molecule has 2 aromatic carbocycles. The molecule has 0 aliphatic rings. The summed E-state index contributed by atoms with van der Waals surface area (Å²) >= 11 is 0. The van der Waals surface area contributed by atoms with Crippen molar-refractivity contribution in [1.29, 1.82) is 0 Å². The Morgan fingerprint density at radius 3 is 1.06 bits per heavy atom. The lowest BCUT2D eigenvalue weighted by atomic mass is 10.1. The van der Waals surface area contributed by atoms with Crippen LogP contribution in [0.1, 0.15) is 113 Å². The highest BCUT2D eigenvalue weighted by Crippen LogP contribution is 2.24. The van der Waals surface area contributed by atoms with Crippen molar-refractivity contribution in [3.8, 4) is 11.4 Å². The maximum Gasteiger partial charge on any atom is 0.0895 e. The molecule has 0 unspecified atom stereocenters. The van der Waals surface area contributed by atoms with Gasteiger partial charge < -0.3 is 9.80 Å². The highest BCUT2D eigenvalue weighted by molar-refractivity contribution is 5.75. The molecule has 0 aliphatic heterocycles. The molecule has 4 aromatic rings. The van der Waals surface area contributed by atoms with Crippen molar-refractivity contribution >= 4 is 35.7 Å². The molecule has 0 fully saturated rings. The Balaban J connectivity index is 1.48. The van der Waals surface area contributed by atoms with Crippen molar-refractivity contribution < 1.29 is 0 Å². The van der Waals surface area contributed by atoms with Crippen LogP contribution < -0.4 is 9.80 Å². The van der Waals surface area contributed by atoms with Crippen molar-refractivity contribution in [1.82, 2.24) is 9.97 Å². The predicted molar refractivity (Wildman–Crippen MR) is 212 cm³/mol. The van der Waals surface area contributed by atoms with Crippen LogP contribution in [-0.2, 0) is 0 Å². The van der Waals surface area contributed by atoms with Gasteiger partial charge in [0.25, 0.3) is 0 Å². The maximum atomic E-state index is 4.88. The molecule has 254 valence electrons. The summed E-state index contributed by atoms with van der Waals surface area (Å²) in [7, 11) is 0. The van der Waals surface area contributed by atoms with Gasteiger partial charge in [0.05, 0.1) is 11.4 Å². The van der Waals surface area contributed by atoms with E-state index in [9.17, 15) is 0 Å². The number of nitrogens with zero attached hydrogens (tertiary/aromatic N) is 4. The summed E-state index contributed by atoms with van der Waals surface area (Å²) in [4.78, 5) is 14.8. The Kier molecular flexibility index (Phi) is 15.0. The third-order valence-corrected chi connectivity index (χ3v) is 8.79. The Bertz CT molecular complexity index is 1450. The second kappa shape index (κ2) is 19.6. The highest BCUT2D eigenvalue weighted by atomic mass is 15.1. The zero-order valence-electron chi connectivity index (χ0n) is 30.5. The lowest BCUT2D eigenvalue weighted by Gasteiger charge is -2.24. The molecule has 48 heavy (non-hydrogen) atoms. The Hall–Kier alpha value is -4.18. The average Bonchev–Trinajstić information content (AvgIpc) is 3.10. The lowest BCUT2D eigenvalue weighted by molar-refractivity contribution is 0.678. The van der Waals surface area contributed by atoms with E-state index in [-0.39, 0.29) is 0 Å². The minimum Gasteiger partial charge on any atom is -0.372 e. The van der Waals surface area contributed by atoms with Gasteiger partial charge in [-0.3, -0.25) is 9.97 Å². The van der Waals surface area contributed by atoms with Gasteiger partial charge in [-0.15, -0.1) is 0 Å². The van der Waals surface area contributed by atoms with Crippen molar-refractivity contribution in [3.05, 3.63) is 106 Å². The summed E-state index contributed by atoms with van der Waals surface area (Å²) in [6, 6.07) is 26.6. The topological polar surface area (TPSA) is 32.3 Å². The standard InChI is InChI=1S/C44H58N4/c1-7-11-27-47(28-12-8-2)41-23-19-37(20-24-41)15-17-39-31-35(5)45-43(33-39)44-34-40(32-36(6)46-44)18-16-38-21-25-42(26-22-38)48(29-13-9-3)30-14-10-4/h15-26,31-34H,7-14,27-30H2,1-6H3/b17-15+,18-16+. The zero-order chi connectivity index (χ0) is 34.1. The van der Waals surface area contributed by atoms with Crippen LogP contribution in [0.3, 0.4) is 0 Å². The summed E-state index contributed by atoms with van der Waals surface area (Å²) in [6.45, 7) is 17.7. The molecular weight excluding hydrogens is 585 g/mol. The molecule has 4 heteroatoms. The molecule has 0 aliphatic carbocycles. The number of aromatic nitrogens is 2. The first kappa shape index (κ1) is 36.7. The number of unbranched alkanes of at least 4 members (excludes halogenated alkanes) is 4. The third kappa shape index (κ3) is 11.5. The Morgan fingerprint density at radius 1 is 0.438 bits per heavy atom. The lowest BCUT2D eigenvalue weighted by Crippen LogP contribution is -2.25. The van der Waals surface area contributed by atoms with E-state index in [1.165, 1.54) is 73.9 Å². The molecular formula is C44H58N4. The van der Waals surface area contributed by atoms with Crippen molar-refractivity contribution in [2.45, 2.75) is 92.9 Å². The molecule has 2 aromatic heterocycles. The number of hydrogen-bond acceptors (Lipinski definition) is 4. The molecule has 0 atom stereocenters. The van der Waals surface area contributed by atoms with Crippen molar-refractivity contribution in [2.24, 2.45) is 0 Å². The summed E-state index contributed by atoms with van der Waals surface area (Å²) in [5, 5.41) is 0. The molecule has 0 saturated heterocycles. The minimum atomic E-state index is 0.898. The third-order valence-electron chi connectivity index (χ3n) is 8.79. The first-order valence-electron chi connectivity index (χ1n) is 18.5. The summed E-state index contributed by atoms with van der Waals surface area (Å²) in [5.41, 5.74) is 11.1. The normalized spacial score (nSPS) is 11.5. The van der Waals surface area contributed by atoms with Crippen LogP contribution in [0, 0.1) is 13.8 Å². The second-order valence-corrected chi connectivity index (χ2v) is 13.1. The second-order valence-electron chi connectivity index (χ2n) is 13.1. The van der Waals surface area contributed by atoms with Gasteiger partial charge in [-0.1, -0.05) is 102 Å². The number of pyridine rings is 2. The van der Waals surface area contributed by atoms with Gasteiger partial charge in [0, 0.05) is 48.9 Å². The van der Waals surface area contributed by atoms with Crippen molar-refractivity contribution in [2.75, 3.05) is 36.0 Å². The SMILES string of the molecule is CCCCN(CCCC)c1ccc(/C=C/c2cc(C)nc(-c3cc(/C=C/c4ccc(N(CCCC)CCCC)cc4)cc(C)n3)c2)cc1. The first-order valence-corrected chi connectivity index (χ1v) is 18.5. The predicted octanol–water partition coefficient (Wildman–Crippen LogP) is 11.9. The van der Waals surface area contributed by atoms with E-state index < -0.39 is 0 Å². The van der Waals surface area contributed by atoms with Crippen LogP contribution >= 0.6 is 0 Å². The largest absolute Gasteiger partial charge is 0.372 e. The molecule has 2 heterocycles. The van der Waals surface area contributed by atoms with Crippen LogP contribution in [-0.4, -0.2) is 36.1 Å². The smallest absolute Gasteiger partial charge is 0.0895 e. The molecule has 0 amide bonds. The van der Waals surface area contributed by atoms with E-state index >= 15 is 0 Å². The molecule has 4 nitrogen and oxygen atoms in total. The van der Waals surface area contributed by atoms with Gasteiger partial charge in [-0.05, 0) is 110 Å². The molecule has 0 saturated carbocycles. The average molecular weight is 643 g/mol. The fourth-order valence-corrected chi connectivity index (χ4v) is 5.96. The Morgan fingerprint density at radius 2 is 0.750 bits per heavy atom. The van der Waals surface area contributed by atoms with E-state index in [0.29, 0.717) is 0 Å². The summed E-state index contributed by atoms with van der Waals surface area (Å²) < 4.78 is 0. The number of anilines is 2. The number of benzene rings is 2. The molecule has 4 rings (SSSR count). The highest BCUT2D eigenvalue weighted by Gasteiger charge is 2.09. The number of hydrogen-bond donors (Lipinski definition) is 0. The van der Waals surface area contributed by atoms with Gasteiger partial charge >= 0.3 is 0 Å². The fourth-order valence-electron chi connectivity index (χ4n) is 5.96. The number of rotatable bonds is 19. The van der Waals surface area contributed by atoms with Crippen LogP contribution in [0.2, 0.25) is 0 Å². The molecule has 0 N–H and O–H groups in total. The van der Waals surface area contributed by atoms with Crippen LogP contribution in [0.15, 0.2) is 72.8 Å². The van der Waals surface area contributed by atoms with E-state index in [4.69, 9.17) is 9.97 Å². The monoisotopic (exact) mass is 642 g/mol. The van der Waals surface area contributed by atoms with Gasteiger partial charge in [0.1, 0.15) is 0 Å². The van der Waals surface area contributed by atoms with Gasteiger partial charge in [-0.2, -0.15) is 0 Å². The first-order chi connectivity index (χ1) is 23.4. The Labute approximate surface area is 291 Å². The zero-order valence-corrected chi connectivity index (χ0v) is 30.5. The van der Waals surface area contributed by atoms with E-state index in [2.05, 4.69) is 148 Å². The van der Waals surface area contributed by atoms with Gasteiger partial charge in [0.15, 0.2) is 0 Å². The number of aryl methyl sites for hydroxylation is 2. The summed E-state index contributed by atoms with van der Waals surface area (Å²) in [5.74, 6) is 0. The van der Waals surface area contributed by atoms with E-state index in [0.717, 1.165) is 60.1 Å². The van der Waals surface area contributed by atoms with Crippen molar-refractivity contribution in [3.63, 3.8) is 0 Å².